The zero-order chi connectivity index (χ0) is 11.9. The normalized spacial score (nSPS) is 12.9. The summed E-state index contributed by atoms with van der Waals surface area (Å²) < 4.78 is 36.8. The van der Waals surface area contributed by atoms with E-state index in [2.05, 4.69) is 0 Å². The van der Waals surface area contributed by atoms with E-state index in [0.717, 1.165) is 12.8 Å². The van der Waals surface area contributed by atoms with E-state index in [0.29, 0.717) is 12.8 Å². The van der Waals surface area contributed by atoms with Gasteiger partial charge in [0.15, 0.2) is 0 Å². The number of hydrogen-bond acceptors (Lipinski definition) is 1. The van der Waals surface area contributed by atoms with E-state index in [1.165, 1.54) is 0 Å². The van der Waals surface area contributed by atoms with Crippen LogP contribution in [0.2, 0.25) is 0 Å². The fourth-order valence-corrected chi connectivity index (χ4v) is 1.19. The smallest absolute Gasteiger partial charge is 0.412 e. The highest BCUT2D eigenvalue weighted by Gasteiger charge is 2.33. The van der Waals surface area contributed by atoms with Crippen LogP contribution in [0.4, 0.5) is 13.2 Å². The second-order valence-corrected chi connectivity index (χ2v) is 3.32. The SMILES string of the molecule is CCCCCCC(=CC(=O)O)C(F)(F)F. The fourth-order valence-electron chi connectivity index (χ4n) is 1.19. The Labute approximate surface area is 86.8 Å². The van der Waals surface area contributed by atoms with E-state index in [1.54, 1.807) is 0 Å². The lowest BCUT2D eigenvalue weighted by atomic mass is 10.1. The Hall–Kier alpha value is -1.00. The Morgan fingerprint density at radius 3 is 2.27 bits per heavy atom. The number of carboxylic acids is 1. The average Bonchev–Trinajstić information content (AvgIpc) is 2.08. The highest BCUT2D eigenvalue weighted by atomic mass is 19.4. The van der Waals surface area contributed by atoms with Gasteiger partial charge in [-0.15, -0.1) is 0 Å². The second-order valence-electron chi connectivity index (χ2n) is 3.32. The van der Waals surface area contributed by atoms with E-state index in [1.807, 2.05) is 6.92 Å². The molecule has 1 N–H and O–H groups in total. The molecule has 5 heteroatoms. The zero-order valence-corrected chi connectivity index (χ0v) is 8.60. The molecule has 0 saturated heterocycles. The van der Waals surface area contributed by atoms with E-state index in [9.17, 15) is 18.0 Å². The second kappa shape index (κ2) is 6.48. The number of carboxylic acid groups (broad SMARTS) is 1. The Bertz CT molecular complexity index is 231. The van der Waals surface area contributed by atoms with Crippen molar-refractivity contribution in [2.24, 2.45) is 0 Å². The first kappa shape index (κ1) is 14.0. The number of halogens is 3. The van der Waals surface area contributed by atoms with Crippen LogP contribution in [-0.2, 0) is 4.79 Å². The van der Waals surface area contributed by atoms with Crippen LogP contribution < -0.4 is 0 Å². The summed E-state index contributed by atoms with van der Waals surface area (Å²) in [6, 6.07) is 0. The quantitative estimate of drug-likeness (QED) is 0.553. The largest absolute Gasteiger partial charge is 0.478 e. The molecule has 0 aromatic rings. The van der Waals surface area contributed by atoms with Crippen LogP contribution in [0.25, 0.3) is 0 Å². The summed E-state index contributed by atoms with van der Waals surface area (Å²) in [5.41, 5.74) is -0.953. The topological polar surface area (TPSA) is 37.3 Å². The molecule has 0 rings (SSSR count). The summed E-state index contributed by atoms with van der Waals surface area (Å²) in [7, 11) is 0. The molecule has 0 atom stereocenters. The monoisotopic (exact) mass is 224 g/mol. The summed E-state index contributed by atoms with van der Waals surface area (Å²) in [6.07, 6.45) is -1.59. The van der Waals surface area contributed by atoms with Crippen molar-refractivity contribution < 1.29 is 23.1 Å². The van der Waals surface area contributed by atoms with Gasteiger partial charge in [0.25, 0.3) is 0 Å². The Kier molecular flexibility index (Phi) is 6.05. The lowest BCUT2D eigenvalue weighted by Gasteiger charge is -2.10. The zero-order valence-electron chi connectivity index (χ0n) is 8.60. The van der Waals surface area contributed by atoms with Gasteiger partial charge in [-0.3, -0.25) is 0 Å². The molecule has 15 heavy (non-hydrogen) atoms. The minimum atomic E-state index is -4.52. The third-order valence-corrected chi connectivity index (χ3v) is 1.96. The Morgan fingerprint density at radius 1 is 1.27 bits per heavy atom. The molecule has 0 amide bonds. The Balaban J connectivity index is 4.22. The van der Waals surface area contributed by atoms with Gasteiger partial charge in [0.05, 0.1) is 0 Å². The summed E-state index contributed by atoms with van der Waals surface area (Å²) >= 11 is 0. The molecule has 0 aliphatic carbocycles. The number of alkyl halides is 3. The molecule has 0 aliphatic heterocycles. The summed E-state index contributed by atoms with van der Waals surface area (Å²) in [5, 5.41) is 8.27. The van der Waals surface area contributed by atoms with Crippen molar-refractivity contribution in [3.63, 3.8) is 0 Å². The lowest BCUT2D eigenvalue weighted by molar-refractivity contribution is -0.132. The first-order valence-corrected chi connectivity index (χ1v) is 4.88. The van der Waals surface area contributed by atoms with Crippen LogP contribution in [0.15, 0.2) is 11.6 Å². The van der Waals surface area contributed by atoms with Gasteiger partial charge in [0.1, 0.15) is 0 Å². The molecular weight excluding hydrogens is 209 g/mol. The molecule has 2 nitrogen and oxygen atoms in total. The predicted molar refractivity (Wildman–Crippen MR) is 50.5 cm³/mol. The molecule has 0 aromatic heterocycles. The van der Waals surface area contributed by atoms with Crippen molar-refractivity contribution in [1.82, 2.24) is 0 Å². The number of allylic oxidation sites excluding steroid dienone is 1. The molecule has 0 bridgehead atoms. The van der Waals surface area contributed by atoms with Gasteiger partial charge in [-0.1, -0.05) is 26.2 Å². The van der Waals surface area contributed by atoms with Gasteiger partial charge in [-0.05, 0) is 12.8 Å². The van der Waals surface area contributed by atoms with Gasteiger partial charge in [0, 0.05) is 11.6 Å². The van der Waals surface area contributed by atoms with Gasteiger partial charge in [-0.2, -0.15) is 13.2 Å². The maximum absolute atomic E-state index is 12.3. The average molecular weight is 224 g/mol. The highest BCUT2D eigenvalue weighted by Crippen LogP contribution is 2.29. The van der Waals surface area contributed by atoms with Crippen molar-refractivity contribution >= 4 is 5.97 Å². The van der Waals surface area contributed by atoms with Crippen molar-refractivity contribution in [2.45, 2.75) is 45.2 Å². The molecule has 0 radical (unpaired) electrons. The van der Waals surface area contributed by atoms with Gasteiger partial charge < -0.3 is 5.11 Å². The van der Waals surface area contributed by atoms with Crippen molar-refractivity contribution in [1.29, 1.82) is 0 Å². The van der Waals surface area contributed by atoms with Crippen LogP contribution >= 0.6 is 0 Å². The minimum absolute atomic E-state index is 0.212. The summed E-state index contributed by atoms with van der Waals surface area (Å²) in [4.78, 5) is 10.2. The molecule has 0 spiro atoms. The number of unbranched alkanes of at least 4 members (excludes halogenated alkanes) is 3. The minimum Gasteiger partial charge on any atom is -0.478 e. The summed E-state index contributed by atoms with van der Waals surface area (Å²) in [6.45, 7) is 1.96. The molecular formula is C10H15F3O2. The molecule has 0 aromatic carbocycles. The number of aliphatic carboxylic acids is 1. The molecule has 88 valence electrons. The maximum Gasteiger partial charge on any atom is 0.412 e. The van der Waals surface area contributed by atoms with Crippen LogP contribution in [0.1, 0.15) is 39.0 Å². The van der Waals surface area contributed by atoms with E-state index in [-0.39, 0.29) is 12.5 Å². The summed E-state index contributed by atoms with van der Waals surface area (Å²) in [5.74, 6) is -1.54. The van der Waals surface area contributed by atoms with Gasteiger partial charge in [0.2, 0.25) is 0 Å². The Morgan fingerprint density at radius 2 is 1.87 bits per heavy atom. The molecule has 0 aliphatic rings. The fraction of sp³-hybridized carbons (Fsp3) is 0.700. The van der Waals surface area contributed by atoms with Gasteiger partial charge in [-0.25, -0.2) is 4.79 Å². The predicted octanol–water partition coefficient (Wildman–Crippen LogP) is 3.53. The number of rotatable bonds is 6. The molecule has 0 unspecified atom stereocenters. The van der Waals surface area contributed by atoms with E-state index >= 15 is 0 Å². The third kappa shape index (κ3) is 6.99. The molecule has 0 heterocycles. The van der Waals surface area contributed by atoms with Crippen LogP contribution in [0, 0.1) is 0 Å². The first-order chi connectivity index (χ1) is 6.88. The van der Waals surface area contributed by atoms with E-state index in [4.69, 9.17) is 5.11 Å². The van der Waals surface area contributed by atoms with Crippen LogP contribution in [0.5, 0.6) is 0 Å². The molecule has 0 fully saturated rings. The lowest BCUT2D eigenvalue weighted by Crippen LogP contribution is -2.13. The number of carbonyl (C=O) groups is 1. The maximum atomic E-state index is 12.3. The number of hydrogen-bond donors (Lipinski definition) is 1. The van der Waals surface area contributed by atoms with E-state index < -0.39 is 17.7 Å². The van der Waals surface area contributed by atoms with Crippen molar-refractivity contribution in [3.05, 3.63) is 11.6 Å². The van der Waals surface area contributed by atoms with Gasteiger partial charge >= 0.3 is 12.1 Å². The highest BCUT2D eigenvalue weighted by molar-refractivity contribution is 5.80. The standard InChI is InChI=1S/C10H15F3O2/c1-2-3-4-5-6-8(7-9(14)15)10(11,12)13/h7H,2-6H2,1H3,(H,14,15). The van der Waals surface area contributed by atoms with Crippen LogP contribution in [-0.4, -0.2) is 17.3 Å². The first-order valence-electron chi connectivity index (χ1n) is 4.88. The van der Waals surface area contributed by atoms with Crippen molar-refractivity contribution in [2.75, 3.05) is 0 Å². The van der Waals surface area contributed by atoms with Crippen molar-refractivity contribution in [3.8, 4) is 0 Å². The molecule has 0 saturated carbocycles. The third-order valence-electron chi connectivity index (χ3n) is 1.96. The van der Waals surface area contributed by atoms with Crippen LogP contribution in [0.3, 0.4) is 0 Å².